The number of rotatable bonds is 4. The number of nitrogens with zero attached hydrogens (tertiary/aromatic N) is 3. The van der Waals surface area contributed by atoms with Crippen molar-refractivity contribution in [3.05, 3.63) is 120 Å². The lowest BCUT2D eigenvalue weighted by Crippen LogP contribution is -2.05. The van der Waals surface area contributed by atoms with E-state index in [1.165, 1.54) is 10.5 Å². The Labute approximate surface area is 179 Å². The van der Waals surface area contributed by atoms with E-state index < -0.39 is 0 Å². The normalized spacial score (nSPS) is 14.7. The number of aromatic nitrogens is 3. The SMILES string of the molecule is C(=C1NC(c2ccccc2)=C(c2ccccc2)S1)c1ncc(-c2ccncc2)cn1. The maximum absolute atomic E-state index is 4.53. The van der Waals surface area contributed by atoms with Crippen LogP contribution in [0.3, 0.4) is 0 Å². The first-order valence-electron chi connectivity index (χ1n) is 9.61. The van der Waals surface area contributed by atoms with Crippen LogP contribution < -0.4 is 5.32 Å². The van der Waals surface area contributed by atoms with Gasteiger partial charge in [0.15, 0.2) is 5.82 Å². The molecule has 3 heterocycles. The molecular formula is C25H18N4S. The molecule has 4 aromatic rings. The molecule has 2 aromatic carbocycles. The molecule has 0 atom stereocenters. The Morgan fingerprint density at radius 2 is 1.30 bits per heavy atom. The minimum absolute atomic E-state index is 0.671. The second-order valence-corrected chi connectivity index (χ2v) is 7.79. The van der Waals surface area contributed by atoms with Crippen LogP contribution in [0.15, 0.2) is 103 Å². The van der Waals surface area contributed by atoms with Crippen LogP contribution in [0.5, 0.6) is 0 Å². The highest BCUT2D eigenvalue weighted by Crippen LogP contribution is 2.44. The van der Waals surface area contributed by atoms with Crippen molar-refractivity contribution in [1.29, 1.82) is 0 Å². The average molecular weight is 407 g/mol. The summed E-state index contributed by atoms with van der Waals surface area (Å²) in [5.41, 5.74) is 5.47. The Hall–Kier alpha value is -3.70. The molecule has 0 amide bonds. The molecule has 2 aromatic heterocycles. The lowest BCUT2D eigenvalue weighted by Gasteiger charge is -2.06. The number of pyridine rings is 1. The molecule has 0 spiro atoms. The molecule has 4 nitrogen and oxygen atoms in total. The third-order valence-corrected chi connectivity index (χ3v) is 5.82. The molecule has 5 heteroatoms. The summed E-state index contributed by atoms with van der Waals surface area (Å²) in [6.45, 7) is 0. The fourth-order valence-electron chi connectivity index (χ4n) is 3.26. The highest BCUT2D eigenvalue weighted by atomic mass is 32.2. The molecule has 1 aliphatic rings. The smallest absolute Gasteiger partial charge is 0.154 e. The van der Waals surface area contributed by atoms with E-state index in [-0.39, 0.29) is 0 Å². The molecule has 0 radical (unpaired) electrons. The van der Waals surface area contributed by atoms with Crippen molar-refractivity contribution in [3.8, 4) is 11.1 Å². The summed E-state index contributed by atoms with van der Waals surface area (Å²) in [6, 6.07) is 24.7. The van der Waals surface area contributed by atoms with Crippen molar-refractivity contribution >= 4 is 28.4 Å². The largest absolute Gasteiger partial charge is 0.348 e. The van der Waals surface area contributed by atoms with Crippen LogP contribution >= 0.6 is 11.8 Å². The van der Waals surface area contributed by atoms with E-state index in [1.807, 2.05) is 42.7 Å². The van der Waals surface area contributed by atoms with Gasteiger partial charge in [0, 0.05) is 41.3 Å². The third-order valence-electron chi connectivity index (χ3n) is 4.73. The van der Waals surface area contributed by atoms with E-state index in [1.54, 1.807) is 24.2 Å². The van der Waals surface area contributed by atoms with Crippen molar-refractivity contribution in [2.45, 2.75) is 0 Å². The van der Waals surface area contributed by atoms with Gasteiger partial charge in [0.1, 0.15) is 0 Å². The van der Waals surface area contributed by atoms with Crippen LogP contribution in [0.4, 0.5) is 0 Å². The maximum Gasteiger partial charge on any atom is 0.154 e. The standard InChI is InChI=1S/C25H18N4S/c1-3-7-19(8-4-1)24-25(20-9-5-2-6-10-20)30-23(29-24)15-22-27-16-21(17-28-22)18-11-13-26-14-12-18/h1-17,29H. The maximum atomic E-state index is 4.53. The predicted octanol–water partition coefficient (Wildman–Crippen LogP) is 5.70. The summed E-state index contributed by atoms with van der Waals surface area (Å²) in [5, 5.41) is 4.57. The highest BCUT2D eigenvalue weighted by molar-refractivity contribution is 8.12. The molecular weight excluding hydrogens is 388 g/mol. The summed E-state index contributed by atoms with van der Waals surface area (Å²) < 4.78 is 0. The van der Waals surface area contributed by atoms with E-state index in [0.29, 0.717) is 5.82 Å². The fraction of sp³-hybridized carbons (Fsp3) is 0. The number of thioether (sulfide) groups is 1. The van der Waals surface area contributed by atoms with Crippen molar-refractivity contribution in [2.75, 3.05) is 0 Å². The van der Waals surface area contributed by atoms with Crippen LogP contribution in [0.2, 0.25) is 0 Å². The number of nitrogens with one attached hydrogen (secondary N) is 1. The van der Waals surface area contributed by atoms with Crippen molar-refractivity contribution in [2.24, 2.45) is 0 Å². The van der Waals surface area contributed by atoms with E-state index in [2.05, 4.69) is 68.8 Å². The summed E-state index contributed by atoms with van der Waals surface area (Å²) in [4.78, 5) is 14.3. The number of hydrogen-bond acceptors (Lipinski definition) is 5. The molecule has 0 aliphatic carbocycles. The number of benzene rings is 2. The summed E-state index contributed by atoms with van der Waals surface area (Å²) in [7, 11) is 0. The lowest BCUT2D eigenvalue weighted by molar-refractivity contribution is 1.12. The van der Waals surface area contributed by atoms with Gasteiger partial charge in [-0.2, -0.15) is 0 Å². The quantitative estimate of drug-likeness (QED) is 0.471. The van der Waals surface area contributed by atoms with Gasteiger partial charge in [-0.15, -0.1) is 0 Å². The monoisotopic (exact) mass is 406 g/mol. The summed E-state index contributed by atoms with van der Waals surface area (Å²) in [5.74, 6) is 0.671. The van der Waals surface area contributed by atoms with Crippen LogP contribution in [0.1, 0.15) is 17.0 Å². The topological polar surface area (TPSA) is 50.7 Å². The Morgan fingerprint density at radius 1 is 0.667 bits per heavy atom. The zero-order valence-electron chi connectivity index (χ0n) is 16.1. The van der Waals surface area contributed by atoms with Crippen molar-refractivity contribution in [3.63, 3.8) is 0 Å². The van der Waals surface area contributed by atoms with Gasteiger partial charge in [0.2, 0.25) is 0 Å². The molecule has 0 saturated carbocycles. The first-order valence-corrected chi connectivity index (χ1v) is 10.4. The predicted molar refractivity (Wildman–Crippen MR) is 124 cm³/mol. The average Bonchev–Trinajstić information content (AvgIpc) is 3.25. The Kier molecular flexibility index (Phi) is 5.10. The van der Waals surface area contributed by atoms with Crippen LogP contribution in [0, 0.1) is 0 Å². The second kappa shape index (κ2) is 8.35. The minimum atomic E-state index is 0.671. The third kappa shape index (κ3) is 3.88. The van der Waals surface area contributed by atoms with Crippen LogP contribution in [0.25, 0.3) is 27.8 Å². The van der Waals surface area contributed by atoms with E-state index in [9.17, 15) is 0 Å². The summed E-state index contributed by atoms with van der Waals surface area (Å²) in [6.07, 6.45) is 9.22. The zero-order valence-corrected chi connectivity index (χ0v) is 16.9. The fourth-order valence-corrected chi connectivity index (χ4v) is 4.32. The van der Waals surface area contributed by atoms with Gasteiger partial charge < -0.3 is 5.32 Å². The van der Waals surface area contributed by atoms with Gasteiger partial charge in [-0.05, 0) is 28.8 Å². The first-order chi connectivity index (χ1) is 14.9. The first kappa shape index (κ1) is 18.3. The van der Waals surface area contributed by atoms with Crippen LogP contribution in [-0.2, 0) is 0 Å². The van der Waals surface area contributed by atoms with Gasteiger partial charge in [-0.3, -0.25) is 4.98 Å². The molecule has 0 fully saturated rings. The van der Waals surface area contributed by atoms with E-state index in [0.717, 1.165) is 27.4 Å². The summed E-state index contributed by atoms with van der Waals surface area (Å²) >= 11 is 1.70. The van der Waals surface area contributed by atoms with Crippen LogP contribution in [-0.4, -0.2) is 15.0 Å². The van der Waals surface area contributed by atoms with Gasteiger partial charge in [0.05, 0.1) is 10.7 Å². The second-order valence-electron chi connectivity index (χ2n) is 6.74. The van der Waals surface area contributed by atoms with E-state index in [4.69, 9.17) is 0 Å². The van der Waals surface area contributed by atoms with Crippen molar-refractivity contribution < 1.29 is 0 Å². The molecule has 1 aliphatic heterocycles. The van der Waals surface area contributed by atoms with Gasteiger partial charge in [0.25, 0.3) is 0 Å². The Bertz CT molecular complexity index is 1150. The van der Waals surface area contributed by atoms with Gasteiger partial charge in [-0.1, -0.05) is 72.4 Å². The minimum Gasteiger partial charge on any atom is -0.348 e. The van der Waals surface area contributed by atoms with Crippen molar-refractivity contribution in [1.82, 2.24) is 20.3 Å². The molecule has 0 unspecified atom stereocenters. The molecule has 0 bridgehead atoms. The number of hydrogen-bond donors (Lipinski definition) is 1. The highest BCUT2D eigenvalue weighted by Gasteiger charge is 2.22. The lowest BCUT2D eigenvalue weighted by atomic mass is 10.1. The zero-order chi connectivity index (χ0) is 20.2. The molecule has 5 rings (SSSR count). The van der Waals surface area contributed by atoms with E-state index >= 15 is 0 Å². The molecule has 0 saturated heterocycles. The molecule has 1 N–H and O–H groups in total. The Balaban J connectivity index is 1.45. The Morgan fingerprint density at radius 3 is 1.97 bits per heavy atom. The van der Waals surface area contributed by atoms with Gasteiger partial charge in [-0.25, -0.2) is 9.97 Å². The molecule has 30 heavy (non-hydrogen) atoms. The van der Waals surface area contributed by atoms with Gasteiger partial charge >= 0.3 is 0 Å². The molecule has 144 valence electrons.